The predicted molar refractivity (Wildman–Crippen MR) is 81.1 cm³/mol. The second-order valence-corrected chi connectivity index (χ2v) is 5.31. The number of nitrogens with one attached hydrogen (secondary N) is 1. The predicted octanol–water partition coefficient (Wildman–Crippen LogP) is 3.78. The fraction of sp³-hybridized carbons (Fsp3) is 0.333. The Bertz CT molecular complexity index is 546. The Labute approximate surface area is 124 Å². The van der Waals surface area contributed by atoms with Crippen LogP contribution < -0.4 is 10.1 Å². The summed E-state index contributed by atoms with van der Waals surface area (Å²) in [6, 6.07) is 7.59. The van der Waals surface area contributed by atoms with E-state index in [-0.39, 0.29) is 0 Å². The van der Waals surface area contributed by atoms with E-state index in [2.05, 4.69) is 29.1 Å². The van der Waals surface area contributed by atoms with Crippen LogP contribution in [-0.2, 0) is 6.54 Å². The molecule has 0 radical (unpaired) electrons. The molecule has 2 heterocycles. The average Bonchev–Trinajstić information content (AvgIpc) is 2.45. The second-order valence-electron chi connectivity index (χ2n) is 4.90. The van der Waals surface area contributed by atoms with Gasteiger partial charge in [0, 0.05) is 18.9 Å². The number of hydrogen-bond acceptors (Lipinski definition) is 4. The number of pyridine rings is 2. The zero-order valence-electron chi connectivity index (χ0n) is 11.6. The fourth-order valence-corrected chi connectivity index (χ4v) is 1.82. The summed E-state index contributed by atoms with van der Waals surface area (Å²) >= 11 is 6.16. The first-order valence-electron chi connectivity index (χ1n) is 6.57. The smallest absolute Gasteiger partial charge is 0.232 e. The highest BCUT2D eigenvalue weighted by atomic mass is 35.5. The quantitative estimate of drug-likeness (QED) is 0.880. The number of ether oxygens (including phenoxy) is 1. The molecule has 0 amide bonds. The van der Waals surface area contributed by atoms with Crippen LogP contribution >= 0.6 is 11.6 Å². The molecule has 2 aromatic rings. The normalized spacial score (nSPS) is 10.6. The molecule has 0 aliphatic carbocycles. The van der Waals surface area contributed by atoms with Gasteiger partial charge in [-0.1, -0.05) is 31.5 Å². The summed E-state index contributed by atoms with van der Waals surface area (Å²) in [5.41, 5.74) is 0.984. The van der Waals surface area contributed by atoms with Crippen molar-refractivity contribution in [2.45, 2.75) is 20.4 Å². The highest BCUT2D eigenvalue weighted by Crippen LogP contribution is 2.23. The van der Waals surface area contributed by atoms with Crippen molar-refractivity contribution in [1.82, 2.24) is 9.97 Å². The molecule has 2 rings (SSSR count). The Kier molecular flexibility index (Phi) is 5.18. The van der Waals surface area contributed by atoms with Gasteiger partial charge < -0.3 is 10.1 Å². The minimum atomic E-state index is 0.443. The van der Waals surface area contributed by atoms with E-state index in [1.165, 1.54) is 0 Å². The monoisotopic (exact) mass is 291 g/mol. The van der Waals surface area contributed by atoms with Crippen molar-refractivity contribution in [2.24, 2.45) is 5.92 Å². The van der Waals surface area contributed by atoms with E-state index in [4.69, 9.17) is 16.3 Å². The van der Waals surface area contributed by atoms with Crippen molar-refractivity contribution in [1.29, 1.82) is 0 Å². The average molecular weight is 292 g/mol. The van der Waals surface area contributed by atoms with Crippen molar-refractivity contribution in [3.63, 3.8) is 0 Å². The zero-order chi connectivity index (χ0) is 14.4. The van der Waals surface area contributed by atoms with Crippen LogP contribution in [0.3, 0.4) is 0 Å². The maximum Gasteiger partial charge on any atom is 0.232 e. The van der Waals surface area contributed by atoms with Crippen molar-refractivity contribution < 1.29 is 4.74 Å². The van der Waals surface area contributed by atoms with Gasteiger partial charge in [-0.05, 0) is 29.7 Å². The van der Waals surface area contributed by atoms with E-state index in [0.717, 1.165) is 11.4 Å². The SMILES string of the molecule is CC(C)COc1ncc(CNc2ccccn2)cc1Cl. The van der Waals surface area contributed by atoms with E-state index in [1.807, 2.05) is 24.3 Å². The fourth-order valence-electron chi connectivity index (χ4n) is 1.57. The first-order chi connectivity index (χ1) is 9.65. The summed E-state index contributed by atoms with van der Waals surface area (Å²) in [6.07, 6.45) is 3.51. The molecule has 5 heteroatoms. The Hall–Kier alpha value is -1.81. The molecule has 0 saturated carbocycles. The van der Waals surface area contributed by atoms with Crippen LogP contribution in [0.25, 0.3) is 0 Å². The molecule has 106 valence electrons. The lowest BCUT2D eigenvalue weighted by molar-refractivity contribution is 0.261. The van der Waals surface area contributed by atoms with Gasteiger partial charge >= 0.3 is 0 Å². The molecule has 2 aromatic heterocycles. The Morgan fingerprint density at radius 3 is 2.80 bits per heavy atom. The van der Waals surface area contributed by atoms with Gasteiger partial charge in [0.2, 0.25) is 5.88 Å². The van der Waals surface area contributed by atoms with Gasteiger partial charge in [0.25, 0.3) is 0 Å². The molecule has 0 spiro atoms. The number of hydrogen-bond donors (Lipinski definition) is 1. The second kappa shape index (κ2) is 7.10. The first-order valence-corrected chi connectivity index (χ1v) is 6.95. The van der Waals surface area contributed by atoms with Gasteiger partial charge in [-0.25, -0.2) is 9.97 Å². The molecular formula is C15H18ClN3O. The molecule has 0 aliphatic heterocycles. The van der Waals surface area contributed by atoms with Crippen molar-refractivity contribution in [3.05, 3.63) is 47.2 Å². The summed E-state index contributed by atoms with van der Waals surface area (Å²) in [4.78, 5) is 8.44. The van der Waals surface area contributed by atoms with Crippen LogP contribution in [0.5, 0.6) is 5.88 Å². The molecule has 0 bridgehead atoms. The summed E-state index contributed by atoms with van der Waals surface area (Å²) < 4.78 is 5.54. The Morgan fingerprint density at radius 2 is 2.15 bits per heavy atom. The van der Waals surface area contributed by atoms with Crippen LogP contribution in [0.2, 0.25) is 5.02 Å². The van der Waals surface area contributed by atoms with Crippen LogP contribution in [0.4, 0.5) is 5.82 Å². The van der Waals surface area contributed by atoms with Crippen LogP contribution in [0, 0.1) is 5.92 Å². The van der Waals surface area contributed by atoms with E-state index in [0.29, 0.717) is 30.0 Å². The summed E-state index contributed by atoms with van der Waals surface area (Å²) in [6.45, 7) is 5.39. The minimum absolute atomic E-state index is 0.443. The number of nitrogens with zero attached hydrogens (tertiary/aromatic N) is 2. The van der Waals surface area contributed by atoms with Crippen molar-refractivity contribution in [2.75, 3.05) is 11.9 Å². The maximum absolute atomic E-state index is 6.16. The molecule has 1 N–H and O–H groups in total. The molecule has 0 saturated heterocycles. The minimum Gasteiger partial charge on any atom is -0.476 e. The van der Waals surface area contributed by atoms with Gasteiger partial charge in [-0.3, -0.25) is 0 Å². The highest BCUT2D eigenvalue weighted by molar-refractivity contribution is 6.31. The third-order valence-corrected chi connectivity index (χ3v) is 2.83. The van der Waals surface area contributed by atoms with Crippen molar-refractivity contribution >= 4 is 17.4 Å². The Balaban J connectivity index is 1.95. The van der Waals surface area contributed by atoms with E-state index >= 15 is 0 Å². The number of anilines is 1. The largest absolute Gasteiger partial charge is 0.476 e. The van der Waals surface area contributed by atoms with Gasteiger partial charge in [-0.15, -0.1) is 0 Å². The molecule has 0 aliphatic rings. The standard InChI is InChI=1S/C15H18ClN3O/c1-11(2)10-20-15-13(16)7-12(9-19-15)8-18-14-5-3-4-6-17-14/h3-7,9,11H,8,10H2,1-2H3,(H,17,18). The molecule has 0 unspecified atom stereocenters. The third kappa shape index (κ3) is 4.38. The molecular weight excluding hydrogens is 274 g/mol. The lowest BCUT2D eigenvalue weighted by Gasteiger charge is -2.10. The zero-order valence-corrected chi connectivity index (χ0v) is 12.4. The third-order valence-electron chi connectivity index (χ3n) is 2.56. The molecule has 4 nitrogen and oxygen atoms in total. The topological polar surface area (TPSA) is 47.0 Å². The lowest BCUT2D eigenvalue weighted by atomic mass is 10.2. The molecule has 0 fully saturated rings. The van der Waals surface area contributed by atoms with Gasteiger partial charge in [0.05, 0.1) is 6.61 Å². The van der Waals surface area contributed by atoms with Crippen LogP contribution in [0.1, 0.15) is 19.4 Å². The summed E-state index contributed by atoms with van der Waals surface area (Å²) in [7, 11) is 0. The van der Waals surface area contributed by atoms with Gasteiger partial charge in [0.15, 0.2) is 0 Å². The maximum atomic E-state index is 6.16. The summed E-state index contributed by atoms with van der Waals surface area (Å²) in [5.74, 6) is 1.75. The number of aromatic nitrogens is 2. The lowest BCUT2D eigenvalue weighted by Crippen LogP contribution is -2.07. The van der Waals surface area contributed by atoms with E-state index in [1.54, 1.807) is 12.4 Å². The van der Waals surface area contributed by atoms with Crippen LogP contribution in [0.15, 0.2) is 36.7 Å². The molecule has 20 heavy (non-hydrogen) atoms. The first kappa shape index (κ1) is 14.6. The highest BCUT2D eigenvalue weighted by Gasteiger charge is 2.06. The number of halogens is 1. The molecule has 0 aromatic carbocycles. The Morgan fingerprint density at radius 1 is 1.30 bits per heavy atom. The van der Waals surface area contributed by atoms with Gasteiger partial charge in [0.1, 0.15) is 10.8 Å². The van der Waals surface area contributed by atoms with Gasteiger partial charge in [-0.2, -0.15) is 0 Å². The van der Waals surface area contributed by atoms with E-state index < -0.39 is 0 Å². The number of rotatable bonds is 6. The molecule has 0 atom stereocenters. The van der Waals surface area contributed by atoms with Crippen LogP contribution in [-0.4, -0.2) is 16.6 Å². The van der Waals surface area contributed by atoms with E-state index in [9.17, 15) is 0 Å². The summed E-state index contributed by atoms with van der Waals surface area (Å²) in [5, 5.41) is 3.74. The van der Waals surface area contributed by atoms with Crippen molar-refractivity contribution in [3.8, 4) is 5.88 Å².